The van der Waals surface area contributed by atoms with Crippen LogP contribution in [0, 0.1) is 0 Å². The highest BCUT2D eigenvalue weighted by molar-refractivity contribution is 5.92. The third-order valence-electron chi connectivity index (χ3n) is 2.66. The molecule has 88 valence electrons. The zero-order valence-corrected chi connectivity index (χ0v) is 9.60. The van der Waals surface area contributed by atoms with E-state index in [2.05, 4.69) is 15.3 Å². The maximum Gasteiger partial charge on any atom is 0.271 e. The highest BCUT2D eigenvalue weighted by atomic mass is 16.3. The largest absolute Gasteiger partial charge is 0.396 e. The molecule has 0 bridgehead atoms. The number of nitrogens with one attached hydrogen (secondary N) is 1. The van der Waals surface area contributed by atoms with Crippen molar-refractivity contribution in [3.05, 3.63) is 24.3 Å². The maximum absolute atomic E-state index is 11.8. The number of amides is 1. The molecule has 1 amide bonds. The van der Waals surface area contributed by atoms with Crippen molar-refractivity contribution >= 4 is 5.91 Å². The van der Waals surface area contributed by atoms with Gasteiger partial charge in [-0.25, -0.2) is 4.98 Å². The summed E-state index contributed by atoms with van der Waals surface area (Å²) >= 11 is 0. The Hall–Kier alpha value is -1.49. The number of carbonyl (C=O) groups is 1. The van der Waals surface area contributed by atoms with Gasteiger partial charge in [-0.2, -0.15) is 0 Å². The molecule has 1 heterocycles. The molecule has 2 N–H and O–H groups in total. The van der Waals surface area contributed by atoms with E-state index < -0.39 is 5.54 Å². The van der Waals surface area contributed by atoms with E-state index in [-0.39, 0.29) is 12.5 Å². The molecule has 0 spiro atoms. The van der Waals surface area contributed by atoms with E-state index in [0.717, 1.165) is 6.42 Å². The number of nitrogens with zero attached hydrogens (tertiary/aromatic N) is 2. The summed E-state index contributed by atoms with van der Waals surface area (Å²) in [7, 11) is 0. The van der Waals surface area contributed by atoms with Crippen LogP contribution < -0.4 is 5.32 Å². The van der Waals surface area contributed by atoms with Crippen molar-refractivity contribution in [1.82, 2.24) is 15.3 Å². The summed E-state index contributed by atoms with van der Waals surface area (Å²) in [5, 5.41) is 11.8. The minimum absolute atomic E-state index is 0.0467. The van der Waals surface area contributed by atoms with E-state index in [1.165, 1.54) is 18.6 Å². The Morgan fingerprint density at radius 1 is 1.56 bits per heavy atom. The molecule has 0 aliphatic heterocycles. The number of aromatic nitrogens is 2. The molecule has 1 aromatic rings. The molecule has 1 atom stereocenters. The monoisotopic (exact) mass is 223 g/mol. The normalized spacial score (nSPS) is 14.2. The number of rotatable bonds is 5. The van der Waals surface area contributed by atoms with Crippen LogP contribution in [-0.2, 0) is 0 Å². The van der Waals surface area contributed by atoms with E-state index in [4.69, 9.17) is 5.11 Å². The second-order valence-corrected chi connectivity index (χ2v) is 3.93. The Kier molecular flexibility index (Phi) is 4.37. The first-order chi connectivity index (χ1) is 7.61. The SMILES string of the molecule is CC[C@@](C)(CCO)NC(=O)c1cnccn1. The fourth-order valence-corrected chi connectivity index (χ4v) is 1.33. The summed E-state index contributed by atoms with van der Waals surface area (Å²) < 4.78 is 0. The van der Waals surface area contributed by atoms with Gasteiger partial charge in [0.15, 0.2) is 0 Å². The van der Waals surface area contributed by atoms with Crippen molar-refractivity contribution in [2.75, 3.05) is 6.61 Å². The fourth-order valence-electron chi connectivity index (χ4n) is 1.33. The predicted molar refractivity (Wildman–Crippen MR) is 59.9 cm³/mol. The van der Waals surface area contributed by atoms with Gasteiger partial charge in [0.1, 0.15) is 5.69 Å². The maximum atomic E-state index is 11.8. The van der Waals surface area contributed by atoms with Gasteiger partial charge in [-0.1, -0.05) is 6.92 Å². The summed E-state index contributed by atoms with van der Waals surface area (Å²) in [5.74, 6) is -0.258. The van der Waals surface area contributed by atoms with Crippen molar-refractivity contribution < 1.29 is 9.90 Å². The molecule has 1 aromatic heterocycles. The van der Waals surface area contributed by atoms with E-state index in [9.17, 15) is 4.79 Å². The molecule has 0 fully saturated rings. The van der Waals surface area contributed by atoms with Crippen molar-refractivity contribution in [3.63, 3.8) is 0 Å². The smallest absolute Gasteiger partial charge is 0.271 e. The summed E-state index contributed by atoms with van der Waals surface area (Å²) in [6, 6.07) is 0. The number of hydrogen-bond donors (Lipinski definition) is 2. The van der Waals surface area contributed by atoms with Gasteiger partial charge in [0.05, 0.1) is 6.20 Å². The molecule has 5 nitrogen and oxygen atoms in total. The Morgan fingerprint density at radius 2 is 2.31 bits per heavy atom. The number of aliphatic hydroxyl groups is 1. The fraction of sp³-hybridized carbons (Fsp3) is 0.545. The predicted octanol–water partition coefficient (Wildman–Crippen LogP) is 0.757. The third-order valence-corrected chi connectivity index (χ3v) is 2.66. The lowest BCUT2D eigenvalue weighted by molar-refractivity contribution is 0.0880. The van der Waals surface area contributed by atoms with Crippen LogP contribution in [0.4, 0.5) is 0 Å². The van der Waals surface area contributed by atoms with Gasteiger partial charge in [-0.15, -0.1) is 0 Å². The molecule has 0 aliphatic carbocycles. The average molecular weight is 223 g/mol. The van der Waals surface area contributed by atoms with E-state index in [0.29, 0.717) is 12.1 Å². The molecule has 5 heteroatoms. The quantitative estimate of drug-likeness (QED) is 0.772. The van der Waals surface area contributed by atoms with E-state index in [1.54, 1.807) is 0 Å². The lowest BCUT2D eigenvalue weighted by Gasteiger charge is -2.28. The van der Waals surface area contributed by atoms with Crippen LogP contribution in [0.1, 0.15) is 37.2 Å². The highest BCUT2D eigenvalue weighted by Gasteiger charge is 2.24. The molecule has 0 aliphatic rings. The molecule has 0 radical (unpaired) electrons. The van der Waals surface area contributed by atoms with Crippen LogP contribution in [0.3, 0.4) is 0 Å². The Labute approximate surface area is 94.9 Å². The Bertz CT molecular complexity index is 342. The van der Waals surface area contributed by atoms with Crippen LogP contribution in [0.5, 0.6) is 0 Å². The van der Waals surface area contributed by atoms with Crippen molar-refractivity contribution in [1.29, 1.82) is 0 Å². The molecule has 0 aromatic carbocycles. The lowest BCUT2D eigenvalue weighted by Crippen LogP contribution is -2.46. The molecule has 16 heavy (non-hydrogen) atoms. The first-order valence-electron chi connectivity index (χ1n) is 5.30. The van der Waals surface area contributed by atoms with Gasteiger partial charge < -0.3 is 10.4 Å². The molecule has 1 rings (SSSR count). The zero-order valence-electron chi connectivity index (χ0n) is 9.60. The van der Waals surface area contributed by atoms with Gasteiger partial charge in [0, 0.05) is 24.5 Å². The first-order valence-corrected chi connectivity index (χ1v) is 5.30. The van der Waals surface area contributed by atoms with Gasteiger partial charge in [0.2, 0.25) is 0 Å². The van der Waals surface area contributed by atoms with Gasteiger partial charge in [-0.05, 0) is 19.8 Å². The number of carbonyl (C=O) groups excluding carboxylic acids is 1. The zero-order chi connectivity index (χ0) is 12.0. The van der Waals surface area contributed by atoms with E-state index >= 15 is 0 Å². The summed E-state index contributed by atoms with van der Waals surface area (Å²) in [5.41, 5.74) is -0.108. The van der Waals surface area contributed by atoms with Gasteiger partial charge in [0.25, 0.3) is 5.91 Å². The Balaban J connectivity index is 2.70. The van der Waals surface area contributed by atoms with Crippen LogP contribution >= 0.6 is 0 Å². The summed E-state index contributed by atoms with van der Waals surface area (Å²) in [6.07, 6.45) is 5.69. The topological polar surface area (TPSA) is 75.1 Å². The number of aliphatic hydroxyl groups excluding tert-OH is 1. The van der Waals surface area contributed by atoms with Crippen LogP contribution in [0.25, 0.3) is 0 Å². The molecule has 0 unspecified atom stereocenters. The first kappa shape index (κ1) is 12.6. The van der Waals surface area contributed by atoms with Crippen LogP contribution in [0.15, 0.2) is 18.6 Å². The minimum atomic E-state index is -0.399. The second-order valence-electron chi connectivity index (χ2n) is 3.93. The van der Waals surface area contributed by atoms with Crippen LogP contribution in [0.2, 0.25) is 0 Å². The van der Waals surface area contributed by atoms with Crippen molar-refractivity contribution in [2.24, 2.45) is 0 Å². The lowest BCUT2D eigenvalue weighted by atomic mass is 9.95. The highest BCUT2D eigenvalue weighted by Crippen LogP contribution is 2.14. The minimum Gasteiger partial charge on any atom is -0.396 e. The molecular weight excluding hydrogens is 206 g/mol. The Morgan fingerprint density at radius 3 is 2.81 bits per heavy atom. The third kappa shape index (κ3) is 3.27. The summed E-state index contributed by atoms with van der Waals surface area (Å²) in [4.78, 5) is 19.6. The average Bonchev–Trinajstić information content (AvgIpc) is 2.30. The number of hydrogen-bond acceptors (Lipinski definition) is 4. The van der Waals surface area contributed by atoms with Crippen molar-refractivity contribution in [3.8, 4) is 0 Å². The molecule has 0 saturated carbocycles. The van der Waals surface area contributed by atoms with Crippen molar-refractivity contribution in [2.45, 2.75) is 32.2 Å². The molecule has 0 saturated heterocycles. The van der Waals surface area contributed by atoms with E-state index in [1.807, 2.05) is 13.8 Å². The van der Waals surface area contributed by atoms with Gasteiger partial charge >= 0.3 is 0 Å². The standard InChI is InChI=1S/C11H17N3O2/c1-3-11(2,4-7-15)14-10(16)9-8-12-5-6-13-9/h5-6,8,15H,3-4,7H2,1-2H3,(H,14,16)/t11-/m0/s1. The second kappa shape index (κ2) is 5.55. The van der Waals surface area contributed by atoms with Gasteiger partial charge in [-0.3, -0.25) is 9.78 Å². The summed E-state index contributed by atoms with van der Waals surface area (Å²) in [6.45, 7) is 3.91. The van der Waals surface area contributed by atoms with Crippen LogP contribution in [-0.4, -0.2) is 33.1 Å². The molecular formula is C11H17N3O2.